The zero-order valence-corrected chi connectivity index (χ0v) is 12.1. The quantitative estimate of drug-likeness (QED) is 0.550. The third-order valence-corrected chi connectivity index (χ3v) is 2.49. The van der Waals surface area contributed by atoms with Gasteiger partial charge in [-0.15, -0.1) is 0 Å². The predicted octanol–water partition coefficient (Wildman–Crippen LogP) is 1.99. The van der Waals surface area contributed by atoms with Gasteiger partial charge in [-0.2, -0.15) is 5.26 Å². The lowest BCUT2D eigenvalue weighted by atomic mass is 10.2. The molecule has 0 bridgehead atoms. The van der Waals surface area contributed by atoms with Crippen molar-refractivity contribution in [2.45, 2.75) is 20.3 Å². The van der Waals surface area contributed by atoms with Crippen LogP contribution in [0.25, 0.3) is 0 Å². The summed E-state index contributed by atoms with van der Waals surface area (Å²) in [4.78, 5) is 22.5. The van der Waals surface area contributed by atoms with Gasteiger partial charge in [0.1, 0.15) is 11.6 Å². The highest BCUT2D eigenvalue weighted by Gasteiger charge is 2.07. The van der Waals surface area contributed by atoms with Crippen molar-refractivity contribution in [2.75, 3.05) is 17.2 Å². The van der Waals surface area contributed by atoms with Crippen molar-refractivity contribution in [3.05, 3.63) is 36.0 Å². The molecule has 1 aromatic carbocycles. The van der Waals surface area contributed by atoms with Gasteiger partial charge in [0.05, 0.1) is 0 Å². The number of carbonyl (C=O) groups excluding carboxylic acids is 2. The van der Waals surface area contributed by atoms with Gasteiger partial charge in [0.2, 0.25) is 5.91 Å². The van der Waals surface area contributed by atoms with Crippen molar-refractivity contribution in [1.82, 2.24) is 5.32 Å². The molecule has 0 unspecified atom stereocenters. The Kier molecular flexibility index (Phi) is 6.48. The molecule has 0 atom stereocenters. The standard InChI is InChI=1S/C15H18N4O2/c1-3-8-17-15(21)12(9-16)10-18-13-4-6-14(7-5-13)19-11(2)20/h4-7,10,18H,3,8H2,1-2H3,(H,17,21)(H,19,20)/b12-10-. The first-order valence-corrected chi connectivity index (χ1v) is 6.59. The molecular formula is C15H18N4O2. The summed E-state index contributed by atoms with van der Waals surface area (Å²) < 4.78 is 0. The first-order valence-electron chi connectivity index (χ1n) is 6.59. The van der Waals surface area contributed by atoms with E-state index in [1.807, 2.05) is 13.0 Å². The Morgan fingerprint density at radius 3 is 2.38 bits per heavy atom. The average Bonchev–Trinajstić information content (AvgIpc) is 2.46. The number of nitrogens with one attached hydrogen (secondary N) is 3. The monoisotopic (exact) mass is 286 g/mol. The number of carbonyl (C=O) groups is 2. The highest BCUT2D eigenvalue weighted by Crippen LogP contribution is 2.13. The van der Waals surface area contributed by atoms with E-state index < -0.39 is 5.91 Å². The Hall–Kier alpha value is -2.81. The Bertz CT molecular complexity index is 570. The largest absolute Gasteiger partial charge is 0.360 e. The zero-order valence-electron chi connectivity index (χ0n) is 12.1. The van der Waals surface area contributed by atoms with Crippen LogP contribution in [0.4, 0.5) is 11.4 Å². The van der Waals surface area contributed by atoms with Gasteiger partial charge in [0.15, 0.2) is 0 Å². The molecule has 0 saturated carbocycles. The van der Waals surface area contributed by atoms with Crippen LogP contribution in [0.15, 0.2) is 36.0 Å². The van der Waals surface area contributed by atoms with Crippen LogP contribution in [0.3, 0.4) is 0 Å². The molecule has 1 rings (SSSR count). The van der Waals surface area contributed by atoms with Gasteiger partial charge in [0, 0.05) is 31.0 Å². The van der Waals surface area contributed by atoms with E-state index in [-0.39, 0.29) is 11.5 Å². The number of nitriles is 1. The number of amides is 2. The van der Waals surface area contributed by atoms with Crippen molar-refractivity contribution >= 4 is 23.2 Å². The topological polar surface area (TPSA) is 94.0 Å². The minimum atomic E-state index is -0.401. The number of nitrogens with zero attached hydrogens (tertiary/aromatic N) is 1. The van der Waals surface area contributed by atoms with Crippen LogP contribution in [-0.4, -0.2) is 18.4 Å². The molecule has 3 N–H and O–H groups in total. The maximum Gasteiger partial charge on any atom is 0.263 e. The van der Waals surface area contributed by atoms with Crippen LogP contribution in [-0.2, 0) is 9.59 Å². The number of rotatable bonds is 6. The molecular weight excluding hydrogens is 268 g/mol. The van der Waals surface area contributed by atoms with Crippen LogP contribution < -0.4 is 16.0 Å². The number of benzene rings is 1. The highest BCUT2D eigenvalue weighted by molar-refractivity contribution is 5.97. The normalized spacial score (nSPS) is 10.4. The van der Waals surface area contributed by atoms with Crippen LogP contribution in [0.5, 0.6) is 0 Å². The molecule has 1 aromatic rings. The van der Waals surface area contributed by atoms with Gasteiger partial charge in [-0.1, -0.05) is 6.92 Å². The van der Waals surface area contributed by atoms with E-state index in [2.05, 4.69) is 16.0 Å². The third kappa shape index (κ3) is 5.78. The molecule has 2 amide bonds. The lowest BCUT2D eigenvalue weighted by molar-refractivity contribution is -0.117. The third-order valence-electron chi connectivity index (χ3n) is 2.49. The maximum atomic E-state index is 11.6. The molecule has 0 aliphatic carbocycles. The van der Waals surface area contributed by atoms with Crippen molar-refractivity contribution in [3.8, 4) is 6.07 Å². The second-order valence-corrected chi connectivity index (χ2v) is 4.33. The van der Waals surface area contributed by atoms with E-state index in [9.17, 15) is 9.59 Å². The van der Waals surface area contributed by atoms with E-state index in [4.69, 9.17) is 5.26 Å². The molecule has 0 saturated heterocycles. The fourth-order valence-electron chi connectivity index (χ4n) is 1.49. The van der Waals surface area contributed by atoms with Gasteiger partial charge in [-0.3, -0.25) is 9.59 Å². The van der Waals surface area contributed by atoms with Crippen molar-refractivity contribution in [1.29, 1.82) is 5.26 Å². The van der Waals surface area contributed by atoms with Gasteiger partial charge in [-0.25, -0.2) is 0 Å². The van der Waals surface area contributed by atoms with Gasteiger partial charge in [0.25, 0.3) is 5.91 Å². The molecule has 0 fully saturated rings. The van der Waals surface area contributed by atoms with Crippen LogP contribution in [0.2, 0.25) is 0 Å². The minimum Gasteiger partial charge on any atom is -0.360 e. The van der Waals surface area contributed by atoms with Crippen LogP contribution in [0, 0.1) is 11.3 Å². The second kappa shape index (κ2) is 8.38. The van der Waals surface area contributed by atoms with Gasteiger partial charge in [-0.05, 0) is 30.7 Å². The van der Waals surface area contributed by atoms with Gasteiger partial charge >= 0.3 is 0 Å². The molecule has 21 heavy (non-hydrogen) atoms. The number of hydrogen-bond acceptors (Lipinski definition) is 4. The van der Waals surface area contributed by atoms with E-state index in [0.29, 0.717) is 17.9 Å². The number of anilines is 2. The molecule has 0 spiro atoms. The van der Waals surface area contributed by atoms with Crippen molar-refractivity contribution in [2.24, 2.45) is 0 Å². The fourth-order valence-corrected chi connectivity index (χ4v) is 1.49. The average molecular weight is 286 g/mol. The summed E-state index contributed by atoms with van der Waals surface area (Å²) in [6.45, 7) is 3.90. The molecule has 110 valence electrons. The summed E-state index contributed by atoms with van der Waals surface area (Å²) in [7, 11) is 0. The Morgan fingerprint density at radius 1 is 1.24 bits per heavy atom. The lowest BCUT2D eigenvalue weighted by Crippen LogP contribution is -2.25. The molecule has 0 aliphatic heterocycles. The maximum absolute atomic E-state index is 11.6. The first kappa shape index (κ1) is 16.2. The summed E-state index contributed by atoms with van der Waals surface area (Å²) in [6, 6.07) is 8.77. The van der Waals surface area contributed by atoms with E-state index >= 15 is 0 Å². The fraction of sp³-hybridized carbons (Fsp3) is 0.267. The first-order chi connectivity index (χ1) is 10.1. The van der Waals surface area contributed by atoms with Crippen LogP contribution in [0.1, 0.15) is 20.3 Å². The highest BCUT2D eigenvalue weighted by atomic mass is 16.2. The Morgan fingerprint density at radius 2 is 1.86 bits per heavy atom. The molecule has 0 heterocycles. The lowest BCUT2D eigenvalue weighted by Gasteiger charge is -2.05. The Labute approximate surface area is 123 Å². The minimum absolute atomic E-state index is 0.00869. The smallest absolute Gasteiger partial charge is 0.263 e. The molecule has 0 aliphatic rings. The molecule has 6 nitrogen and oxygen atoms in total. The number of hydrogen-bond donors (Lipinski definition) is 3. The van der Waals surface area contributed by atoms with E-state index in [0.717, 1.165) is 6.42 Å². The summed E-state index contributed by atoms with van der Waals surface area (Å²) in [5.41, 5.74) is 1.40. The van der Waals surface area contributed by atoms with Crippen molar-refractivity contribution in [3.63, 3.8) is 0 Å². The Balaban J connectivity index is 2.67. The molecule has 0 radical (unpaired) electrons. The summed E-state index contributed by atoms with van der Waals surface area (Å²) >= 11 is 0. The summed E-state index contributed by atoms with van der Waals surface area (Å²) in [5.74, 6) is -0.545. The predicted molar refractivity (Wildman–Crippen MR) is 81.4 cm³/mol. The van der Waals surface area contributed by atoms with Gasteiger partial charge < -0.3 is 16.0 Å². The van der Waals surface area contributed by atoms with E-state index in [1.165, 1.54) is 13.1 Å². The second-order valence-electron chi connectivity index (χ2n) is 4.33. The molecule has 6 heteroatoms. The van der Waals surface area contributed by atoms with Crippen molar-refractivity contribution < 1.29 is 9.59 Å². The van der Waals surface area contributed by atoms with E-state index in [1.54, 1.807) is 24.3 Å². The molecule has 0 aromatic heterocycles. The zero-order chi connectivity index (χ0) is 15.7. The summed E-state index contributed by atoms with van der Waals surface area (Å²) in [6.07, 6.45) is 2.17. The SMILES string of the molecule is CCCNC(=O)/C(C#N)=C\Nc1ccc(NC(C)=O)cc1. The summed E-state index contributed by atoms with van der Waals surface area (Å²) in [5, 5.41) is 17.1. The van der Waals surface area contributed by atoms with Crippen LogP contribution >= 0.6 is 0 Å².